The predicted molar refractivity (Wildman–Crippen MR) is 66.9 cm³/mol. The molecule has 0 unspecified atom stereocenters. The van der Waals surface area contributed by atoms with Crippen LogP contribution in [0.2, 0.25) is 0 Å². The van der Waals surface area contributed by atoms with Gasteiger partial charge in [0, 0.05) is 0 Å². The molecule has 0 aromatic heterocycles. The highest BCUT2D eigenvalue weighted by Gasteiger charge is 2.24. The number of amides is 2. The third-order valence-corrected chi connectivity index (χ3v) is 2.33. The van der Waals surface area contributed by atoms with Gasteiger partial charge in [0.1, 0.15) is 18.5 Å². The molecule has 0 bridgehead atoms. The first kappa shape index (κ1) is 16.9. The van der Waals surface area contributed by atoms with Crippen molar-refractivity contribution in [3.8, 4) is 6.07 Å². The normalized spacial score (nSPS) is 13.2. The van der Waals surface area contributed by atoms with Crippen LogP contribution < -0.4 is 10.6 Å². The molecule has 0 spiro atoms. The summed E-state index contributed by atoms with van der Waals surface area (Å²) in [5.41, 5.74) is 0. The fourth-order valence-electron chi connectivity index (χ4n) is 1.42. The average Bonchev–Trinajstić information content (AvgIpc) is 2.27. The van der Waals surface area contributed by atoms with Crippen molar-refractivity contribution in [2.24, 2.45) is 5.92 Å². The van der Waals surface area contributed by atoms with E-state index in [4.69, 9.17) is 10.4 Å². The number of carboxylic acid groups (broad SMARTS) is 1. The zero-order valence-corrected chi connectivity index (χ0v) is 11.3. The van der Waals surface area contributed by atoms with Crippen LogP contribution >= 0.6 is 0 Å². The Hall–Kier alpha value is -2.10. The summed E-state index contributed by atoms with van der Waals surface area (Å²) < 4.78 is 0. The van der Waals surface area contributed by atoms with E-state index in [2.05, 4.69) is 10.6 Å². The van der Waals surface area contributed by atoms with Gasteiger partial charge < -0.3 is 15.7 Å². The number of aliphatic carboxylic acids is 1. The van der Waals surface area contributed by atoms with Gasteiger partial charge >= 0.3 is 5.97 Å². The van der Waals surface area contributed by atoms with Crippen molar-refractivity contribution < 1.29 is 19.5 Å². The van der Waals surface area contributed by atoms with Crippen LogP contribution in [-0.2, 0) is 14.4 Å². The molecule has 0 aliphatic carbocycles. The average molecular weight is 269 g/mol. The van der Waals surface area contributed by atoms with Crippen LogP contribution in [0.15, 0.2) is 0 Å². The topological polar surface area (TPSA) is 119 Å². The lowest BCUT2D eigenvalue weighted by molar-refractivity contribution is -0.142. The first-order valence-corrected chi connectivity index (χ1v) is 5.97. The van der Waals surface area contributed by atoms with Crippen LogP contribution in [0.1, 0.15) is 33.6 Å². The largest absolute Gasteiger partial charge is 0.480 e. The molecule has 0 aromatic carbocycles. The summed E-state index contributed by atoms with van der Waals surface area (Å²) in [6, 6.07) is -0.204. The quantitative estimate of drug-likeness (QED) is 0.602. The van der Waals surface area contributed by atoms with E-state index in [1.165, 1.54) is 6.92 Å². The Labute approximate surface area is 112 Å². The predicted octanol–water partition coefficient (Wildman–Crippen LogP) is 0.0203. The molecule has 0 fully saturated rings. The molecular formula is C12H19N3O4. The van der Waals surface area contributed by atoms with Gasteiger partial charge in [0.05, 0.1) is 6.07 Å². The van der Waals surface area contributed by atoms with Crippen molar-refractivity contribution in [3.05, 3.63) is 0 Å². The van der Waals surface area contributed by atoms with Crippen LogP contribution in [0.5, 0.6) is 0 Å². The van der Waals surface area contributed by atoms with Gasteiger partial charge in [-0.3, -0.25) is 9.59 Å². The molecule has 0 rings (SSSR count). The number of carbonyl (C=O) groups is 3. The Balaban J connectivity index is 4.43. The van der Waals surface area contributed by atoms with Crippen LogP contribution in [0.3, 0.4) is 0 Å². The van der Waals surface area contributed by atoms with E-state index in [1.54, 1.807) is 6.07 Å². The second-order valence-electron chi connectivity index (χ2n) is 4.65. The third-order valence-electron chi connectivity index (χ3n) is 2.33. The van der Waals surface area contributed by atoms with Crippen molar-refractivity contribution in [2.75, 3.05) is 0 Å². The van der Waals surface area contributed by atoms with E-state index >= 15 is 0 Å². The third kappa shape index (κ3) is 7.03. The molecular weight excluding hydrogens is 250 g/mol. The highest BCUT2D eigenvalue weighted by atomic mass is 16.4. The molecule has 0 radical (unpaired) electrons. The van der Waals surface area contributed by atoms with Crippen LogP contribution in [0, 0.1) is 17.2 Å². The zero-order chi connectivity index (χ0) is 15.0. The molecule has 3 N–H and O–H groups in total. The van der Waals surface area contributed by atoms with Gasteiger partial charge in [0.15, 0.2) is 0 Å². The van der Waals surface area contributed by atoms with E-state index in [0.717, 1.165) is 0 Å². The summed E-state index contributed by atoms with van der Waals surface area (Å²) >= 11 is 0. The van der Waals surface area contributed by atoms with Crippen molar-refractivity contribution in [2.45, 2.75) is 45.7 Å². The Morgan fingerprint density at radius 2 is 1.79 bits per heavy atom. The van der Waals surface area contributed by atoms with Crippen molar-refractivity contribution in [1.82, 2.24) is 10.6 Å². The Bertz CT molecular complexity index is 387. The molecule has 7 heteroatoms. The number of carboxylic acids is 1. The summed E-state index contributed by atoms with van der Waals surface area (Å²) in [6.45, 7) is 5.12. The van der Waals surface area contributed by atoms with Gasteiger partial charge in [-0.1, -0.05) is 13.8 Å². The molecule has 0 aliphatic heterocycles. The minimum absolute atomic E-state index is 0.116. The first-order valence-electron chi connectivity index (χ1n) is 5.97. The molecule has 0 aromatic rings. The van der Waals surface area contributed by atoms with Gasteiger partial charge in [0.2, 0.25) is 11.8 Å². The van der Waals surface area contributed by atoms with Gasteiger partial charge in [-0.25, -0.2) is 4.79 Å². The molecule has 106 valence electrons. The zero-order valence-electron chi connectivity index (χ0n) is 11.3. The fraction of sp³-hybridized carbons (Fsp3) is 0.667. The smallest absolute Gasteiger partial charge is 0.326 e. The van der Waals surface area contributed by atoms with E-state index in [0.29, 0.717) is 6.42 Å². The van der Waals surface area contributed by atoms with E-state index in [1.807, 2.05) is 13.8 Å². The molecule has 7 nitrogen and oxygen atoms in total. The maximum absolute atomic E-state index is 11.7. The van der Waals surface area contributed by atoms with Gasteiger partial charge in [-0.2, -0.15) is 5.26 Å². The molecule has 0 heterocycles. The van der Waals surface area contributed by atoms with Crippen LogP contribution in [-0.4, -0.2) is 35.0 Å². The lowest BCUT2D eigenvalue weighted by Gasteiger charge is -2.19. The lowest BCUT2D eigenvalue weighted by atomic mass is 10.0. The Morgan fingerprint density at radius 3 is 2.21 bits per heavy atom. The Kier molecular flexibility index (Phi) is 7.19. The molecule has 19 heavy (non-hydrogen) atoms. The number of hydrogen-bond donors (Lipinski definition) is 3. The van der Waals surface area contributed by atoms with Crippen molar-refractivity contribution >= 4 is 17.8 Å². The summed E-state index contributed by atoms with van der Waals surface area (Å²) in [5, 5.41) is 22.0. The summed E-state index contributed by atoms with van der Waals surface area (Å²) in [4.78, 5) is 33.8. The number of hydrogen-bond acceptors (Lipinski definition) is 4. The second kappa shape index (κ2) is 8.08. The summed E-state index contributed by atoms with van der Waals surface area (Å²) in [5.74, 6) is -2.15. The van der Waals surface area contributed by atoms with Gasteiger partial charge in [-0.15, -0.1) is 0 Å². The molecule has 0 aliphatic rings. The first-order chi connectivity index (χ1) is 8.77. The van der Waals surface area contributed by atoms with E-state index < -0.39 is 29.9 Å². The fourth-order valence-corrected chi connectivity index (χ4v) is 1.42. The minimum atomic E-state index is -1.11. The number of carbonyl (C=O) groups excluding carboxylic acids is 2. The van der Waals surface area contributed by atoms with Crippen molar-refractivity contribution in [1.29, 1.82) is 5.26 Å². The summed E-state index contributed by atoms with van der Waals surface area (Å²) in [7, 11) is 0. The SMILES string of the molecule is CC(C)C[C@H](NC(=O)[C@H](C)NC(=O)CC#N)C(=O)O. The van der Waals surface area contributed by atoms with Gasteiger partial charge in [-0.05, 0) is 19.3 Å². The maximum Gasteiger partial charge on any atom is 0.326 e. The van der Waals surface area contributed by atoms with Crippen LogP contribution in [0.25, 0.3) is 0 Å². The van der Waals surface area contributed by atoms with Gasteiger partial charge in [0.25, 0.3) is 0 Å². The van der Waals surface area contributed by atoms with Crippen LogP contribution in [0.4, 0.5) is 0 Å². The molecule has 0 saturated heterocycles. The summed E-state index contributed by atoms with van der Waals surface area (Å²) in [6.07, 6.45) is -0.0358. The molecule has 0 saturated carbocycles. The van der Waals surface area contributed by atoms with E-state index in [-0.39, 0.29) is 12.3 Å². The number of rotatable bonds is 7. The maximum atomic E-state index is 11.7. The number of nitrogens with zero attached hydrogens (tertiary/aromatic N) is 1. The molecule has 2 atom stereocenters. The van der Waals surface area contributed by atoms with Crippen molar-refractivity contribution in [3.63, 3.8) is 0 Å². The highest BCUT2D eigenvalue weighted by Crippen LogP contribution is 2.05. The Morgan fingerprint density at radius 1 is 1.21 bits per heavy atom. The monoisotopic (exact) mass is 269 g/mol. The minimum Gasteiger partial charge on any atom is -0.480 e. The number of nitrogens with one attached hydrogen (secondary N) is 2. The lowest BCUT2D eigenvalue weighted by Crippen LogP contribution is -2.50. The second-order valence-corrected chi connectivity index (χ2v) is 4.65. The number of nitriles is 1. The molecule has 2 amide bonds. The van der Waals surface area contributed by atoms with E-state index in [9.17, 15) is 14.4 Å². The standard InChI is InChI=1S/C12H19N3O4/c1-7(2)6-9(12(18)19)15-11(17)8(3)14-10(16)4-5-13/h7-9H,4,6H2,1-3H3,(H,14,16)(H,15,17)(H,18,19)/t8-,9-/m0/s1. The highest BCUT2D eigenvalue weighted by molar-refractivity contribution is 5.90.